The number of nitrogens with zero attached hydrogens (tertiary/aromatic N) is 3. The van der Waals surface area contributed by atoms with Gasteiger partial charge in [0.15, 0.2) is 11.5 Å². The summed E-state index contributed by atoms with van der Waals surface area (Å²) in [5, 5.41) is 0. The topological polar surface area (TPSA) is 54.5 Å². The monoisotopic (exact) mass is 487 g/mol. The average molecular weight is 488 g/mol. The van der Waals surface area contributed by atoms with Crippen LogP contribution in [-0.4, -0.2) is 81.0 Å². The Bertz CT molecular complexity index is 1010. The number of fused-ring (bicyclic) bond motifs is 1. The maximum atomic E-state index is 12.2. The van der Waals surface area contributed by atoms with Crippen LogP contribution in [0.25, 0.3) is 0 Å². The SMILES string of the molecule is COc1ccc(CN2CCN(CCCCc3ccc4c(c3)S(=O)CN4C)CC2)c(OC)c1OC. The van der Waals surface area contributed by atoms with Crippen molar-refractivity contribution in [3.8, 4) is 17.2 Å². The Labute approximate surface area is 206 Å². The first kappa shape index (κ1) is 24.8. The third-order valence-corrected chi connectivity index (χ3v) is 8.27. The van der Waals surface area contributed by atoms with Gasteiger partial charge >= 0.3 is 0 Å². The lowest BCUT2D eigenvalue weighted by atomic mass is 10.1. The molecule has 34 heavy (non-hydrogen) atoms. The van der Waals surface area contributed by atoms with E-state index in [0.29, 0.717) is 17.4 Å². The van der Waals surface area contributed by atoms with E-state index in [-0.39, 0.29) is 0 Å². The van der Waals surface area contributed by atoms with E-state index < -0.39 is 10.8 Å². The molecule has 1 fully saturated rings. The summed E-state index contributed by atoms with van der Waals surface area (Å²) in [7, 11) is 6.09. The Morgan fingerprint density at radius 2 is 1.62 bits per heavy atom. The fourth-order valence-corrected chi connectivity index (χ4v) is 6.26. The normalized spacial score (nSPS) is 18.7. The van der Waals surface area contributed by atoms with Crippen molar-refractivity contribution in [2.24, 2.45) is 0 Å². The minimum absolute atomic E-state index is 0.615. The molecule has 0 spiro atoms. The van der Waals surface area contributed by atoms with Crippen LogP contribution in [0.4, 0.5) is 5.69 Å². The molecule has 0 amide bonds. The van der Waals surface area contributed by atoms with Crippen LogP contribution in [0, 0.1) is 0 Å². The van der Waals surface area contributed by atoms with Gasteiger partial charge in [-0.25, -0.2) is 0 Å². The first-order chi connectivity index (χ1) is 16.5. The number of aryl methyl sites for hydroxylation is 1. The van der Waals surface area contributed by atoms with Crippen molar-refractivity contribution in [3.63, 3.8) is 0 Å². The first-order valence-electron chi connectivity index (χ1n) is 12.0. The van der Waals surface area contributed by atoms with Gasteiger partial charge in [0, 0.05) is 45.3 Å². The van der Waals surface area contributed by atoms with Crippen LogP contribution >= 0.6 is 0 Å². The summed E-state index contributed by atoms with van der Waals surface area (Å²) in [5.41, 5.74) is 3.54. The van der Waals surface area contributed by atoms with E-state index >= 15 is 0 Å². The highest BCUT2D eigenvalue weighted by Gasteiger charge is 2.23. The van der Waals surface area contributed by atoms with Gasteiger partial charge in [-0.3, -0.25) is 9.11 Å². The standard InChI is InChI=1S/C26H37N3O4S/c1-27-19-34(30)24-17-20(8-10-22(24)27)7-5-6-12-28-13-15-29(16-14-28)18-21-9-11-23(31-2)26(33-4)25(21)32-3/h8-11,17H,5-7,12-16,18-19H2,1-4H3. The Morgan fingerprint density at radius 1 is 0.882 bits per heavy atom. The average Bonchev–Trinajstić information content (AvgIpc) is 3.15. The molecule has 0 saturated carbocycles. The molecule has 0 aromatic heterocycles. The Balaban J connectivity index is 1.21. The number of rotatable bonds is 10. The second-order valence-electron chi connectivity index (χ2n) is 9.04. The van der Waals surface area contributed by atoms with Crippen molar-refractivity contribution in [3.05, 3.63) is 41.5 Å². The quantitative estimate of drug-likeness (QED) is 0.476. The molecule has 0 N–H and O–H groups in total. The number of unbranched alkanes of at least 4 members (excludes halogenated alkanes) is 1. The molecule has 2 aliphatic rings. The van der Waals surface area contributed by atoms with Gasteiger partial charge in [0.2, 0.25) is 5.75 Å². The molecule has 1 atom stereocenters. The van der Waals surface area contributed by atoms with E-state index in [1.54, 1.807) is 21.3 Å². The lowest BCUT2D eigenvalue weighted by molar-refractivity contribution is 0.124. The number of piperazine rings is 1. The summed E-state index contributed by atoms with van der Waals surface area (Å²) >= 11 is 0. The van der Waals surface area contributed by atoms with Gasteiger partial charge in [-0.1, -0.05) is 12.1 Å². The van der Waals surface area contributed by atoms with Gasteiger partial charge in [-0.15, -0.1) is 0 Å². The molecule has 2 heterocycles. The molecule has 0 radical (unpaired) electrons. The highest BCUT2D eigenvalue weighted by molar-refractivity contribution is 7.85. The highest BCUT2D eigenvalue weighted by atomic mass is 32.2. The fraction of sp³-hybridized carbons (Fsp3) is 0.538. The minimum atomic E-state index is -0.882. The summed E-state index contributed by atoms with van der Waals surface area (Å²) in [4.78, 5) is 8.12. The largest absolute Gasteiger partial charge is 0.493 e. The van der Waals surface area contributed by atoms with Gasteiger partial charge in [0.05, 0.1) is 48.6 Å². The lowest BCUT2D eigenvalue weighted by Gasteiger charge is -2.35. The molecule has 0 bridgehead atoms. The zero-order valence-electron chi connectivity index (χ0n) is 20.8. The summed E-state index contributed by atoms with van der Waals surface area (Å²) < 4.78 is 28.8. The van der Waals surface area contributed by atoms with E-state index in [1.165, 1.54) is 12.0 Å². The third-order valence-electron chi connectivity index (χ3n) is 6.83. The summed E-state index contributed by atoms with van der Waals surface area (Å²) in [6.07, 6.45) is 3.39. The molecule has 2 aromatic rings. The second kappa shape index (κ2) is 11.4. The first-order valence-corrected chi connectivity index (χ1v) is 13.3. The van der Waals surface area contributed by atoms with Gasteiger partial charge < -0.3 is 24.0 Å². The fourth-order valence-electron chi connectivity index (χ4n) is 4.89. The lowest BCUT2D eigenvalue weighted by Crippen LogP contribution is -2.46. The molecule has 2 aliphatic heterocycles. The number of anilines is 1. The van der Waals surface area contributed by atoms with Gasteiger partial charge in [0.25, 0.3) is 0 Å². The molecule has 2 aromatic carbocycles. The third kappa shape index (κ3) is 5.50. The second-order valence-corrected chi connectivity index (χ2v) is 10.4. The molecular formula is C26H37N3O4S. The highest BCUT2D eigenvalue weighted by Crippen LogP contribution is 2.40. The molecule has 8 heteroatoms. The van der Waals surface area contributed by atoms with Crippen LogP contribution in [0.15, 0.2) is 35.2 Å². The summed E-state index contributed by atoms with van der Waals surface area (Å²) in [6.45, 7) is 6.22. The number of hydrogen-bond donors (Lipinski definition) is 0. The van der Waals surface area contributed by atoms with Crippen molar-refractivity contribution in [2.75, 3.05) is 71.9 Å². The summed E-state index contributed by atoms with van der Waals surface area (Å²) in [5.74, 6) is 2.71. The van der Waals surface area contributed by atoms with Crippen molar-refractivity contribution in [1.82, 2.24) is 9.80 Å². The van der Waals surface area contributed by atoms with E-state index in [2.05, 4.69) is 39.0 Å². The van der Waals surface area contributed by atoms with Crippen LogP contribution < -0.4 is 19.1 Å². The van der Waals surface area contributed by atoms with Gasteiger partial charge in [0.1, 0.15) is 0 Å². The number of methoxy groups -OCH3 is 3. The van der Waals surface area contributed by atoms with Crippen molar-refractivity contribution in [2.45, 2.75) is 30.7 Å². The van der Waals surface area contributed by atoms with Crippen molar-refractivity contribution < 1.29 is 18.4 Å². The van der Waals surface area contributed by atoms with E-state index in [1.807, 2.05) is 13.1 Å². The van der Waals surface area contributed by atoms with Crippen LogP contribution in [0.2, 0.25) is 0 Å². The zero-order chi connectivity index (χ0) is 24.1. The van der Waals surface area contributed by atoms with Crippen LogP contribution in [0.1, 0.15) is 24.0 Å². The number of ether oxygens (including phenoxy) is 3. The smallest absolute Gasteiger partial charge is 0.203 e. The van der Waals surface area contributed by atoms with Crippen molar-refractivity contribution in [1.29, 1.82) is 0 Å². The molecule has 0 aliphatic carbocycles. The Morgan fingerprint density at radius 3 is 2.32 bits per heavy atom. The van der Waals surface area contributed by atoms with E-state index in [0.717, 1.165) is 74.0 Å². The number of benzene rings is 2. The Kier molecular flexibility index (Phi) is 8.34. The Hall–Kier alpha value is -2.29. The number of hydrogen-bond acceptors (Lipinski definition) is 7. The van der Waals surface area contributed by atoms with Crippen LogP contribution in [0.5, 0.6) is 17.2 Å². The molecule has 7 nitrogen and oxygen atoms in total. The maximum absolute atomic E-state index is 12.2. The van der Waals surface area contributed by atoms with Gasteiger partial charge in [-0.05, 0) is 49.6 Å². The molecule has 4 rings (SSSR count). The summed E-state index contributed by atoms with van der Waals surface area (Å²) in [6, 6.07) is 10.5. The van der Waals surface area contributed by atoms with Crippen LogP contribution in [-0.2, 0) is 23.8 Å². The predicted octanol–water partition coefficient (Wildman–Crippen LogP) is 3.37. The predicted molar refractivity (Wildman–Crippen MR) is 137 cm³/mol. The van der Waals surface area contributed by atoms with Crippen LogP contribution in [0.3, 0.4) is 0 Å². The maximum Gasteiger partial charge on any atom is 0.203 e. The zero-order valence-corrected chi connectivity index (χ0v) is 21.7. The molecule has 186 valence electrons. The minimum Gasteiger partial charge on any atom is -0.493 e. The molecule has 1 saturated heterocycles. The van der Waals surface area contributed by atoms with E-state index in [4.69, 9.17) is 14.2 Å². The molecular weight excluding hydrogens is 450 g/mol. The van der Waals surface area contributed by atoms with Gasteiger partial charge in [-0.2, -0.15) is 0 Å². The van der Waals surface area contributed by atoms with E-state index in [9.17, 15) is 4.21 Å². The molecule has 1 unspecified atom stereocenters. The van der Waals surface area contributed by atoms with Crippen molar-refractivity contribution >= 4 is 16.5 Å².